The molecule has 23 heavy (non-hydrogen) atoms. The number of hydrogen-bond acceptors (Lipinski definition) is 4. The average molecular weight is 386 g/mol. The first kappa shape index (κ1) is 17.8. The zero-order valence-corrected chi connectivity index (χ0v) is 13.4. The average Bonchev–Trinajstić information content (AvgIpc) is 2.45. The first-order valence-electron chi connectivity index (χ1n) is 5.86. The van der Waals surface area contributed by atoms with Crippen molar-refractivity contribution < 1.29 is 21.6 Å². The second-order valence-corrected chi connectivity index (χ2v) is 6.76. The van der Waals surface area contributed by atoms with Gasteiger partial charge in [0.1, 0.15) is 0 Å². The fourth-order valence-electron chi connectivity index (χ4n) is 1.47. The molecule has 0 radical (unpaired) electrons. The highest BCUT2D eigenvalue weighted by molar-refractivity contribution is 7.89. The Kier molecular flexibility index (Phi) is 5.04. The van der Waals surface area contributed by atoms with Gasteiger partial charge in [0.25, 0.3) is 10.0 Å². The number of nitrogens with zero attached hydrogens (tertiary/aromatic N) is 1. The van der Waals surface area contributed by atoms with Crippen LogP contribution in [0.15, 0.2) is 41.4 Å². The van der Waals surface area contributed by atoms with E-state index in [0.29, 0.717) is 17.3 Å². The Morgan fingerprint density at radius 3 is 2.22 bits per heavy atom. The third kappa shape index (κ3) is 4.47. The maximum absolute atomic E-state index is 12.5. The van der Waals surface area contributed by atoms with Crippen LogP contribution in [0, 0.1) is 0 Å². The van der Waals surface area contributed by atoms with Gasteiger partial charge in [-0.3, -0.25) is 5.43 Å². The van der Waals surface area contributed by atoms with Crippen molar-refractivity contribution in [2.75, 3.05) is 5.43 Å². The predicted molar refractivity (Wildman–Crippen MR) is 79.6 cm³/mol. The fourth-order valence-corrected chi connectivity index (χ4v) is 2.66. The van der Waals surface area contributed by atoms with Crippen LogP contribution in [0.4, 0.5) is 19.0 Å². The van der Waals surface area contributed by atoms with E-state index in [2.05, 4.69) is 10.4 Å². The molecule has 2 rings (SSSR count). The molecule has 0 saturated carbocycles. The zero-order chi connectivity index (χ0) is 17.3. The number of rotatable bonds is 4. The van der Waals surface area contributed by atoms with E-state index < -0.39 is 26.8 Å². The number of nitrogens with one attached hydrogen (secondary N) is 2. The summed E-state index contributed by atoms with van der Waals surface area (Å²) < 4.78 is 61.4. The van der Waals surface area contributed by atoms with Gasteiger partial charge in [-0.15, -0.1) is 4.83 Å². The van der Waals surface area contributed by atoms with Gasteiger partial charge in [0.15, 0.2) is 5.82 Å². The molecular weight excluding hydrogens is 378 g/mol. The lowest BCUT2D eigenvalue weighted by atomic mass is 10.3. The molecule has 1 aromatic carbocycles. The number of aromatic nitrogens is 1. The molecule has 1 heterocycles. The summed E-state index contributed by atoms with van der Waals surface area (Å²) in [4.78, 5) is 5.31. The Bertz CT molecular complexity index is 811. The van der Waals surface area contributed by atoms with Gasteiger partial charge in [-0.2, -0.15) is 13.2 Å². The molecule has 5 nitrogen and oxygen atoms in total. The fraction of sp³-hybridized carbons (Fsp3) is 0.0833. The van der Waals surface area contributed by atoms with Crippen LogP contribution in [0.3, 0.4) is 0 Å². The van der Waals surface area contributed by atoms with Gasteiger partial charge in [0.2, 0.25) is 0 Å². The Labute approximate surface area is 139 Å². The van der Waals surface area contributed by atoms with Crippen molar-refractivity contribution in [3.63, 3.8) is 0 Å². The summed E-state index contributed by atoms with van der Waals surface area (Å²) in [7, 11) is -3.97. The summed E-state index contributed by atoms with van der Waals surface area (Å²) in [6.07, 6.45) is -4.07. The minimum atomic E-state index is -4.60. The van der Waals surface area contributed by atoms with Crippen molar-refractivity contribution >= 4 is 39.0 Å². The zero-order valence-electron chi connectivity index (χ0n) is 11.0. The lowest BCUT2D eigenvalue weighted by Gasteiger charge is -2.12. The van der Waals surface area contributed by atoms with E-state index in [1.165, 1.54) is 24.3 Å². The molecule has 11 heteroatoms. The number of alkyl halides is 3. The first-order chi connectivity index (χ1) is 10.6. The lowest BCUT2D eigenvalue weighted by Crippen LogP contribution is -2.30. The SMILES string of the molecule is O=S(=O)(NNc1ncc(C(F)(F)F)cc1Cl)c1ccc(Cl)cc1. The van der Waals surface area contributed by atoms with Crippen molar-refractivity contribution in [2.24, 2.45) is 0 Å². The number of hydrogen-bond donors (Lipinski definition) is 2. The molecular formula is C12H8Cl2F3N3O2S. The summed E-state index contributed by atoms with van der Waals surface area (Å²) in [6.45, 7) is 0. The summed E-state index contributed by atoms with van der Waals surface area (Å²) in [5, 5.41) is -0.0389. The van der Waals surface area contributed by atoms with Crippen LogP contribution in [0.5, 0.6) is 0 Å². The molecule has 2 N–H and O–H groups in total. The number of hydrazine groups is 1. The molecule has 0 bridgehead atoms. The highest BCUT2D eigenvalue weighted by Crippen LogP contribution is 2.32. The van der Waals surface area contributed by atoms with Gasteiger partial charge in [-0.1, -0.05) is 23.2 Å². The molecule has 0 amide bonds. The topological polar surface area (TPSA) is 71.1 Å². The maximum Gasteiger partial charge on any atom is 0.417 e. The minimum Gasteiger partial charge on any atom is -0.291 e. The van der Waals surface area contributed by atoms with Gasteiger partial charge in [-0.05, 0) is 30.3 Å². The quantitative estimate of drug-likeness (QED) is 0.786. The van der Waals surface area contributed by atoms with Crippen LogP contribution in [-0.4, -0.2) is 13.4 Å². The third-order valence-electron chi connectivity index (χ3n) is 2.60. The van der Waals surface area contributed by atoms with Crippen LogP contribution in [0.25, 0.3) is 0 Å². The Morgan fingerprint density at radius 1 is 1.09 bits per heavy atom. The van der Waals surface area contributed by atoms with Gasteiger partial charge in [0.05, 0.1) is 15.5 Å². The molecule has 0 unspecified atom stereocenters. The van der Waals surface area contributed by atoms with Gasteiger partial charge < -0.3 is 0 Å². The summed E-state index contributed by atoms with van der Waals surface area (Å²) in [5.41, 5.74) is 1.12. The number of pyridine rings is 1. The summed E-state index contributed by atoms with van der Waals surface area (Å²) >= 11 is 11.3. The van der Waals surface area contributed by atoms with E-state index in [4.69, 9.17) is 23.2 Å². The molecule has 0 spiro atoms. The predicted octanol–water partition coefficient (Wildman–Crippen LogP) is 3.71. The normalized spacial score (nSPS) is 12.2. The maximum atomic E-state index is 12.5. The molecule has 0 aliphatic heterocycles. The van der Waals surface area contributed by atoms with Gasteiger partial charge in [0, 0.05) is 11.2 Å². The van der Waals surface area contributed by atoms with E-state index in [-0.39, 0.29) is 10.7 Å². The standard InChI is InChI=1S/C12H8Cl2F3N3O2S/c13-8-1-3-9(4-2-8)23(21,22)20-19-11-10(14)5-7(6-18-11)12(15,16)17/h1-6,20H,(H,18,19). The third-order valence-corrected chi connectivity index (χ3v) is 4.40. The lowest BCUT2D eigenvalue weighted by molar-refractivity contribution is -0.137. The summed E-state index contributed by atoms with van der Waals surface area (Å²) in [5.74, 6) is -0.266. The second kappa shape index (κ2) is 6.52. The highest BCUT2D eigenvalue weighted by Gasteiger charge is 2.31. The van der Waals surface area contributed by atoms with Gasteiger partial charge >= 0.3 is 6.18 Å². The minimum absolute atomic E-state index is 0.0996. The molecule has 124 valence electrons. The van der Waals surface area contributed by atoms with Crippen molar-refractivity contribution in [3.8, 4) is 0 Å². The molecule has 0 aliphatic carbocycles. The molecule has 2 aromatic rings. The first-order valence-corrected chi connectivity index (χ1v) is 8.09. The highest BCUT2D eigenvalue weighted by atomic mass is 35.5. The van der Waals surface area contributed by atoms with E-state index in [0.717, 1.165) is 0 Å². The molecule has 0 saturated heterocycles. The van der Waals surface area contributed by atoms with E-state index in [1.807, 2.05) is 4.83 Å². The van der Waals surface area contributed by atoms with Crippen molar-refractivity contribution in [2.45, 2.75) is 11.1 Å². The summed E-state index contributed by atoms with van der Waals surface area (Å²) in [6, 6.07) is 5.90. The van der Waals surface area contributed by atoms with Crippen LogP contribution >= 0.6 is 23.2 Å². The molecule has 1 aromatic heterocycles. The number of halogens is 5. The number of sulfonamides is 1. The number of anilines is 1. The Balaban J connectivity index is 2.16. The molecule has 0 atom stereocenters. The Morgan fingerprint density at radius 2 is 1.70 bits per heavy atom. The monoisotopic (exact) mass is 385 g/mol. The van der Waals surface area contributed by atoms with Crippen molar-refractivity contribution in [3.05, 3.63) is 52.1 Å². The smallest absolute Gasteiger partial charge is 0.291 e. The largest absolute Gasteiger partial charge is 0.417 e. The number of benzene rings is 1. The van der Waals surface area contributed by atoms with E-state index >= 15 is 0 Å². The Hall–Kier alpha value is -1.55. The van der Waals surface area contributed by atoms with Crippen molar-refractivity contribution in [1.29, 1.82) is 0 Å². The van der Waals surface area contributed by atoms with Crippen molar-refractivity contribution in [1.82, 2.24) is 9.82 Å². The van der Waals surface area contributed by atoms with E-state index in [1.54, 1.807) is 0 Å². The second-order valence-electron chi connectivity index (χ2n) is 4.24. The van der Waals surface area contributed by atoms with E-state index in [9.17, 15) is 21.6 Å². The molecule has 0 fully saturated rings. The van der Waals surface area contributed by atoms with Gasteiger partial charge in [-0.25, -0.2) is 13.4 Å². The van der Waals surface area contributed by atoms with Crippen LogP contribution in [0.1, 0.15) is 5.56 Å². The van der Waals surface area contributed by atoms with Crippen LogP contribution in [-0.2, 0) is 16.2 Å². The molecule has 0 aliphatic rings. The van der Waals surface area contributed by atoms with Crippen LogP contribution < -0.4 is 10.3 Å². The van der Waals surface area contributed by atoms with Crippen LogP contribution in [0.2, 0.25) is 10.0 Å².